The van der Waals surface area contributed by atoms with Crippen LogP contribution in [0.1, 0.15) is 0 Å². The first-order valence-corrected chi connectivity index (χ1v) is 6.50. The van der Waals surface area contributed by atoms with Gasteiger partial charge in [-0.3, -0.25) is 0 Å². The average molecular weight is 284 g/mol. The number of benzene rings is 1. The predicted octanol–water partition coefficient (Wildman–Crippen LogP) is 3.26. The minimum absolute atomic E-state index is 0.583. The first-order chi connectivity index (χ1) is 10.3. The molecule has 0 spiro atoms. The number of hydrogen-bond acceptors (Lipinski definition) is 4. The molecule has 0 unspecified atom stereocenters. The van der Waals surface area contributed by atoms with Gasteiger partial charge in [-0.15, -0.1) is 0 Å². The number of nitrogens with zero attached hydrogens (tertiary/aromatic N) is 1. The van der Waals surface area contributed by atoms with Crippen molar-refractivity contribution in [3.05, 3.63) is 36.7 Å². The summed E-state index contributed by atoms with van der Waals surface area (Å²) in [5.74, 6) is 1.83. The van der Waals surface area contributed by atoms with Gasteiger partial charge >= 0.3 is 0 Å². The summed E-state index contributed by atoms with van der Waals surface area (Å²) in [5, 5.41) is 1.06. The van der Waals surface area contributed by atoms with Crippen LogP contribution in [0.25, 0.3) is 22.2 Å². The van der Waals surface area contributed by atoms with E-state index in [2.05, 4.69) is 16.0 Å². The third-order valence-corrected chi connectivity index (χ3v) is 3.40. The van der Waals surface area contributed by atoms with Crippen molar-refractivity contribution < 1.29 is 14.2 Å². The molecule has 0 atom stereocenters. The third-order valence-electron chi connectivity index (χ3n) is 3.40. The number of hydrogen-bond donors (Lipinski definition) is 1. The van der Waals surface area contributed by atoms with Crippen molar-refractivity contribution in [2.24, 2.45) is 0 Å². The summed E-state index contributed by atoms with van der Waals surface area (Å²) in [4.78, 5) is 7.48. The second-order valence-corrected chi connectivity index (χ2v) is 4.55. The first kappa shape index (κ1) is 13.3. The molecule has 108 valence electrons. The van der Waals surface area contributed by atoms with Crippen LogP contribution in [0, 0.1) is 0 Å². The van der Waals surface area contributed by atoms with Gasteiger partial charge in [0.05, 0.1) is 21.3 Å². The molecule has 0 saturated heterocycles. The predicted molar refractivity (Wildman–Crippen MR) is 81.2 cm³/mol. The van der Waals surface area contributed by atoms with Crippen LogP contribution in [0.15, 0.2) is 36.7 Å². The summed E-state index contributed by atoms with van der Waals surface area (Å²) in [6.45, 7) is 0. The van der Waals surface area contributed by atoms with Crippen molar-refractivity contribution >= 4 is 11.0 Å². The fraction of sp³-hybridized carbons (Fsp3) is 0.188. The Balaban J connectivity index is 2.16. The van der Waals surface area contributed by atoms with Gasteiger partial charge in [0.15, 0.2) is 11.5 Å². The van der Waals surface area contributed by atoms with E-state index >= 15 is 0 Å². The smallest absolute Gasteiger partial charge is 0.203 e. The quantitative estimate of drug-likeness (QED) is 0.799. The lowest BCUT2D eigenvalue weighted by Crippen LogP contribution is -1.95. The van der Waals surface area contributed by atoms with Crippen LogP contribution in [-0.4, -0.2) is 31.3 Å². The molecule has 0 aliphatic rings. The molecule has 0 saturated carbocycles. The summed E-state index contributed by atoms with van der Waals surface area (Å²) >= 11 is 0. The number of pyridine rings is 1. The summed E-state index contributed by atoms with van der Waals surface area (Å²) in [6.07, 6.45) is 3.69. The van der Waals surface area contributed by atoms with E-state index < -0.39 is 0 Å². The molecule has 0 bridgehead atoms. The van der Waals surface area contributed by atoms with Crippen molar-refractivity contribution in [3.8, 4) is 28.4 Å². The molecular formula is C16H16N2O3. The van der Waals surface area contributed by atoms with Gasteiger partial charge in [-0.1, -0.05) is 0 Å². The highest BCUT2D eigenvalue weighted by Crippen LogP contribution is 2.41. The zero-order valence-electron chi connectivity index (χ0n) is 12.1. The Morgan fingerprint density at radius 2 is 1.62 bits per heavy atom. The Bertz CT molecular complexity index is 755. The zero-order chi connectivity index (χ0) is 14.8. The van der Waals surface area contributed by atoms with Crippen molar-refractivity contribution in [2.45, 2.75) is 0 Å². The molecule has 21 heavy (non-hydrogen) atoms. The zero-order valence-corrected chi connectivity index (χ0v) is 12.1. The van der Waals surface area contributed by atoms with Crippen LogP contribution in [0.4, 0.5) is 0 Å². The van der Waals surface area contributed by atoms with Crippen molar-refractivity contribution in [2.75, 3.05) is 21.3 Å². The summed E-state index contributed by atoms with van der Waals surface area (Å²) in [7, 11) is 4.80. The maximum absolute atomic E-state index is 5.38. The Hall–Kier alpha value is -2.69. The van der Waals surface area contributed by atoms with Gasteiger partial charge in [-0.25, -0.2) is 4.98 Å². The van der Waals surface area contributed by atoms with E-state index in [0.29, 0.717) is 17.2 Å². The minimum Gasteiger partial charge on any atom is -0.493 e. The monoisotopic (exact) mass is 284 g/mol. The fourth-order valence-electron chi connectivity index (χ4n) is 2.35. The minimum atomic E-state index is 0.583. The normalized spacial score (nSPS) is 10.6. The van der Waals surface area contributed by atoms with E-state index in [0.717, 1.165) is 22.2 Å². The SMILES string of the molecule is COc1cc(-c2cnc3[nH]ccc3c2)cc(OC)c1OC. The molecule has 1 aromatic carbocycles. The Kier molecular flexibility index (Phi) is 3.39. The topological polar surface area (TPSA) is 56.4 Å². The highest BCUT2D eigenvalue weighted by molar-refractivity contribution is 5.82. The van der Waals surface area contributed by atoms with Gasteiger partial charge in [-0.05, 0) is 29.8 Å². The lowest BCUT2D eigenvalue weighted by molar-refractivity contribution is 0.324. The fourth-order valence-corrected chi connectivity index (χ4v) is 2.35. The number of H-pyrrole nitrogens is 1. The third kappa shape index (κ3) is 2.27. The van der Waals surface area contributed by atoms with Gasteiger partial charge in [0.2, 0.25) is 5.75 Å². The lowest BCUT2D eigenvalue weighted by Gasteiger charge is -2.14. The molecule has 3 rings (SSSR count). The highest BCUT2D eigenvalue weighted by Gasteiger charge is 2.14. The highest BCUT2D eigenvalue weighted by atomic mass is 16.5. The molecule has 0 fully saturated rings. The standard InChI is InChI=1S/C16H16N2O3/c1-19-13-7-11(8-14(20-2)15(13)21-3)12-6-10-4-5-17-16(10)18-9-12/h4-9H,1-3H3,(H,17,18). The van der Waals surface area contributed by atoms with Crippen LogP contribution in [0.3, 0.4) is 0 Å². The summed E-state index contributed by atoms with van der Waals surface area (Å²) in [6, 6.07) is 7.89. The molecule has 0 aliphatic carbocycles. The molecular weight excluding hydrogens is 268 g/mol. The number of methoxy groups -OCH3 is 3. The number of rotatable bonds is 4. The van der Waals surface area contributed by atoms with E-state index in [-0.39, 0.29) is 0 Å². The average Bonchev–Trinajstić information content (AvgIpc) is 3.00. The number of aromatic nitrogens is 2. The molecule has 1 N–H and O–H groups in total. The Morgan fingerprint density at radius 1 is 0.905 bits per heavy atom. The van der Waals surface area contributed by atoms with E-state index in [4.69, 9.17) is 14.2 Å². The number of aromatic amines is 1. The molecule has 2 aromatic heterocycles. The van der Waals surface area contributed by atoms with Gasteiger partial charge in [0.1, 0.15) is 5.65 Å². The summed E-state index contributed by atoms with van der Waals surface area (Å²) in [5.41, 5.74) is 2.81. The molecule has 0 amide bonds. The maximum atomic E-state index is 5.38. The number of fused-ring (bicyclic) bond motifs is 1. The number of nitrogens with one attached hydrogen (secondary N) is 1. The van der Waals surface area contributed by atoms with E-state index in [1.54, 1.807) is 21.3 Å². The Labute approximate surface area is 122 Å². The maximum Gasteiger partial charge on any atom is 0.203 e. The lowest BCUT2D eigenvalue weighted by atomic mass is 10.1. The molecule has 0 aliphatic heterocycles. The number of ether oxygens (including phenoxy) is 3. The van der Waals surface area contributed by atoms with Crippen LogP contribution in [0.2, 0.25) is 0 Å². The van der Waals surface area contributed by atoms with Crippen LogP contribution < -0.4 is 14.2 Å². The van der Waals surface area contributed by atoms with Gasteiger partial charge in [-0.2, -0.15) is 0 Å². The Morgan fingerprint density at radius 3 is 2.24 bits per heavy atom. The first-order valence-electron chi connectivity index (χ1n) is 6.50. The van der Waals surface area contributed by atoms with Crippen molar-refractivity contribution in [1.29, 1.82) is 0 Å². The van der Waals surface area contributed by atoms with Gasteiger partial charge < -0.3 is 19.2 Å². The molecule has 2 heterocycles. The van der Waals surface area contributed by atoms with E-state index in [9.17, 15) is 0 Å². The molecule has 5 nitrogen and oxygen atoms in total. The largest absolute Gasteiger partial charge is 0.493 e. The van der Waals surface area contributed by atoms with E-state index in [1.807, 2.05) is 30.6 Å². The molecule has 3 aromatic rings. The van der Waals surface area contributed by atoms with Crippen LogP contribution in [-0.2, 0) is 0 Å². The van der Waals surface area contributed by atoms with Crippen molar-refractivity contribution in [1.82, 2.24) is 9.97 Å². The van der Waals surface area contributed by atoms with Crippen LogP contribution in [0.5, 0.6) is 17.2 Å². The molecule has 5 heteroatoms. The molecule has 0 radical (unpaired) electrons. The van der Waals surface area contributed by atoms with Gasteiger partial charge in [0.25, 0.3) is 0 Å². The second-order valence-electron chi connectivity index (χ2n) is 4.55. The second kappa shape index (κ2) is 5.36. The van der Waals surface area contributed by atoms with Gasteiger partial charge in [0, 0.05) is 23.3 Å². The van der Waals surface area contributed by atoms with Crippen LogP contribution >= 0.6 is 0 Å². The van der Waals surface area contributed by atoms with Crippen molar-refractivity contribution in [3.63, 3.8) is 0 Å². The summed E-state index contributed by atoms with van der Waals surface area (Å²) < 4.78 is 16.1. The van der Waals surface area contributed by atoms with E-state index in [1.165, 1.54) is 0 Å².